The van der Waals surface area contributed by atoms with Crippen molar-refractivity contribution in [3.63, 3.8) is 0 Å². The third kappa shape index (κ3) is 3.67. The van der Waals surface area contributed by atoms with E-state index in [1.807, 2.05) is 22.9 Å². The Morgan fingerprint density at radius 2 is 2.17 bits per heavy atom. The van der Waals surface area contributed by atoms with E-state index in [0.717, 1.165) is 10.4 Å². The Hall–Kier alpha value is -3.01. The van der Waals surface area contributed by atoms with Crippen LogP contribution >= 0.6 is 34.3 Å². The molecule has 7 nitrogen and oxygen atoms in total. The molecule has 2 N–H and O–H groups in total. The molecule has 0 amide bonds. The van der Waals surface area contributed by atoms with Crippen molar-refractivity contribution in [2.45, 2.75) is 0 Å². The van der Waals surface area contributed by atoms with Gasteiger partial charge in [0.1, 0.15) is 10.5 Å². The number of nitro benzene ring substituents is 1. The third-order valence-corrected chi connectivity index (χ3v) is 6.30. The number of rotatable bonds is 5. The molecule has 0 aliphatic heterocycles. The molecule has 146 valence electrons. The first kappa shape index (κ1) is 19.3. The minimum atomic E-state index is -0.471. The van der Waals surface area contributed by atoms with Crippen LogP contribution in [0.5, 0.6) is 0 Å². The zero-order valence-electron chi connectivity index (χ0n) is 14.9. The van der Waals surface area contributed by atoms with E-state index in [4.69, 9.17) is 11.6 Å². The topological polar surface area (TPSA) is 101 Å². The van der Waals surface area contributed by atoms with Crippen LogP contribution in [0.2, 0.25) is 0 Å². The van der Waals surface area contributed by atoms with Crippen molar-refractivity contribution < 1.29 is 4.92 Å². The Morgan fingerprint density at radius 3 is 2.86 bits per heavy atom. The van der Waals surface area contributed by atoms with Crippen LogP contribution in [-0.4, -0.2) is 21.9 Å². The highest BCUT2D eigenvalue weighted by molar-refractivity contribution is 7.18. The van der Waals surface area contributed by atoms with Gasteiger partial charge in [0, 0.05) is 28.9 Å². The number of nitrogens with one attached hydrogen (secondary N) is 2. The maximum atomic E-state index is 12.7. The molecular weight excluding hydrogens is 432 g/mol. The number of nitrogens with zero attached hydrogens (tertiary/aromatic N) is 2. The number of benzene rings is 1. The fourth-order valence-electron chi connectivity index (χ4n) is 2.89. The van der Waals surface area contributed by atoms with E-state index in [-0.39, 0.29) is 22.1 Å². The SMILES string of the molecule is CNc1ccc(/C=C(\Cl)c2nc3scc(-c4cccs4)c3c(=O)[nH]2)cc1[N+](=O)[O-]. The van der Waals surface area contributed by atoms with Gasteiger partial charge in [0.15, 0.2) is 5.82 Å². The van der Waals surface area contributed by atoms with Gasteiger partial charge in [0.25, 0.3) is 11.2 Å². The first-order chi connectivity index (χ1) is 14.0. The average molecular weight is 445 g/mol. The first-order valence-electron chi connectivity index (χ1n) is 8.37. The van der Waals surface area contributed by atoms with Gasteiger partial charge in [-0.2, -0.15) is 0 Å². The number of aromatic amines is 1. The van der Waals surface area contributed by atoms with Crippen LogP contribution in [0.15, 0.2) is 45.9 Å². The molecular formula is C19H13ClN4O3S2. The lowest BCUT2D eigenvalue weighted by atomic mass is 10.1. The number of thiophene rings is 2. The maximum Gasteiger partial charge on any atom is 0.292 e. The molecule has 0 unspecified atom stereocenters. The van der Waals surface area contributed by atoms with E-state index < -0.39 is 4.92 Å². The molecule has 0 saturated heterocycles. The number of fused-ring (bicyclic) bond motifs is 1. The van der Waals surface area contributed by atoms with Crippen LogP contribution in [0.1, 0.15) is 11.4 Å². The van der Waals surface area contributed by atoms with Crippen molar-refractivity contribution in [2.24, 2.45) is 0 Å². The quantitative estimate of drug-likeness (QED) is 0.317. The smallest absolute Gasteiger partial charge is 0.292 e. The van der Waals surface area contributed by atoms with E-state index in [2.05, 4.69) is 15.3 Å². The van der Waals surface area contributed by atoms with E-state index in [1.165, 1.54) is 23.5 Å². The molecule has 3 aromatic heterocycles. The highest BCUT2D eigenvalue weighted by Crippen LogP contribution is 2.34. The second-order valence-electron chi connectivity index (χ2n) is 6.00. The number of hydrogen-bond acceptors (Lipinski definition) is 7. The summed E-state index contributed by atoms with van der Waals surface area (Å²) in [6, 6.07) is 8.58. The van der Waals surface area contributed by atoms with Crippen molar-refractivity contribution in [2.75, 3.05) is 12.4 Å². The number of H-pyrrole nitrogens is 1. The summed E-state index contributed by atoms with van der Waals surface area (Å²) in [5.41, 5.74) is 1.42. The van der Waals surface area contributed by atoms with Gasteiger partial charge in [-0.05, 0) is 29.2 Å². The molecule has 29 heavy (non-hydrogen) atoms. The van der Waals surface area contributed by atoms with Crippen LogP contribution in [-0.2, 0) is 0 Å². The summed E-state index contributed by atoms with van der Waals surface area (Å²) < 4.78 is 0. The molecule has 10 heteroatoms. The molecule has 0 aliphatic rings. The number of hydrogen-bond donors (Lipinski definition) is 2. The van der Waals surface area contributed by atoms with Crippen molar-refractivity contribution in [3.05, 3.63) is 72.9 Å². The van der Waals surface area contributed by atoms with Crippen molar-refractivity contribution in [1.82, 2.24) is 9.97 Å². The molecule has 0 radical (unpaired) electrons. The first-order valence-corrected chi connectivity index (χ1v) is 10.5. The largest absolute Gasteiger partial charge is 0.383 e. The lowest BCUT2D eigenvalue weighted by Gasteiger charge is -2.04. The molecule has 0 atom stereocenters. The van der Waals surface area contributed by atoms with E-state index >= 15 is 0 Å². The summed E-state index contributed by atoms with van der Waals surface area (Å²) >= 11 is 9.29. The van der Waals surface area contributed by atoms with Gasteiger partial charge >= 0.3 is 0 Å². The van der Waals surface area contributed by atoms with Crippen LogP contribution in [0, 0.1) is 10.1 Å². The fourth-order valence-corrected chi connectivity index (χ4v) is 4.87. The Morgan fingerprint density at radius 1 is 1.34 bits per heavy atom. The zero-order chi connectivity index (χ0) is 20.5. The lowest BCUT2D eigenvalue weighted by molar-refractivity contribution is -0.383. The number of nitro groups is 1. The van der Waals surface area contributed by atoms with Crippen LogP contribution < -0.4 is 10.9 Å². The van der Waals surface area contributed by atoms with Crippen LogP contribution in [0.4, 0.5) is 11.4 Å². The highest BCUT2D eigenvalue weighted by Gasteiger charge is 2.16. The van der Waals surface area contributed by atoms with Gasteiger partial charge in [-0.1, -0.05) is 23.7 Å². The predicted molar refractivity (Wildman–Crippen MR) is 120 cm³/mol. The van der Waals surface area contributed by atoms with Crippen LogP contribution in [0.25, 0.3) is 31.8 Å². The molecule has 0 spiro atoms. The van der Waals surface area contributed by atoms with Gasteiger partial charge in [-0.25, -0.2) is 4.98 Å². The van der Waals surface area contributed by atoms with Gasteiger partial charge in [-0.3, -0.25) is 14.9 Å². The average Bonchev–Trinajstić information content (AvgIpc) is 3.37. The fraction of sp³-hybridized carbons (Fsp3) is 0.0526. The molecule has 3 heterocycles. The summed E-state index contributed by atoms with van der Waals surface area (Å²) in [5, 5.41) is 18.6. The molecule has 4 rings (SSSR count). The van der Waals surface area contributed by atoms with Gasteiger partial charge < -0.3 is 10.3 Å². The summed E-state index contributed by atoms with van der Waals surface area (Å²) in [6.45, 7) is 0. The van der Waals surface area contributed by atoms with E-state index in [9.17, 15) is 14.9 Å². The highest BCUT2D eigenvalue weighted by atomic mass is 35.5. The summed E-state index contributed by atoms with van der Waals surface area (Å²) in [7, 11) is 1.61. The van der Waals surface area contributed by atoms with Crippen molar-refractivity contribution >= 4 is 67.0 Å². The zero-order valence-corrected chi connectivity index (χ0v) is 17.3. The summed E-state index contributed by atoms with van der Waals surface area (Å²) in [5.74, 6) is 0.212. The maximum absolute atomic E-state index is 12.7. The van der Waals surface area contributed by atoms with Crippen molar-refractivity contribution in [1.29, 1.82) is 0 Å². The predicted octanol–water partition coefficient (Wildman–Crippen LogP) is 5.40. The number of halogens is 1. The molecule has 4 aromatic rings. The third-order valence-electron chi connectivity index (χ3n) is 4.24. The van der Waals surface area contributed by atoms with Gasteiger partial charge in [0.05, 0.1) is 15.3 Å². The second kappa shape index (κ2) is 7.78. The Balaban J connectivity index is 1.76. The molecule has 0 aliphatic carbocycles. The molecule has 0 bridgehead atoms. The van der Waals surface area contributed by atoms with E-state index in [0.29, 0.717) is 21.5 Å². The number of anilines is 1. The Kier molecular flexibility index (Phi) is 5.18. The Labute approximate surface area is 177 Å². The standard InChI is InChI=1S/C19H13ClN4O3S2/c1-21-13-5-4-10(8-14(13)24(26)27)7-12(20)17-22-18(25)16-11(9-29-19(16)23-17)15-3-2-6-28-15/h2-9,21H,1H3,(H,22,23,25)/b12-7-. The van der Waals surface area contributed by atoms with Gasteiger partial charge in [0.2, 0.25) is 0 Å². The monoisotopic (exact) mass is 444 g/mol. The summed E-state index contributed by atoms with van der Waals surface area (Å²) in [4.78, 5) is 32.2. The van der Waals surface area contributed by atoms with Crippen LogP contribution in [0.3, 0.4) is 0 Å². The molecule has 1 aromatic carbocycles. The van der Waals surface area contributed by atoms with E-state index in [1.54, 1.807) is 30.5 Å². The minimum Gasteiger partial charge on any atom is -0.383 e. The van der Waals surface area contributed by atoms with Gasteiger partial charge in [-0.15, -0.1) is 22.7 Å². The molecule has 0 saturated carbocycles. The number of aromatic nitrogens is 2. The Bertz CT molecular complexity index is 1310. The molecule has 0 fully saturated rings. The normalized spacial score (nSPS) is 11.7. The summed E-state index contributed by atoms with van der Waals surface area (Å²) in [6.07, 6.45) is 1.53. The van der Waals surface area contributed by atoms with Crippen molar-refractivity contribution in [3.8, 4) is 10.4 Å². The second-order valence-corrected chi connectivity index (χ2v) is 8.21. The minimum absolute atomic E-state index is 0.0681. The lowest BCUT2D eigenvalue weighted by Crippen LogP contribution is -2.10.